The van der Waals surface area contributed by atoms with Gasteiger partial charge in [0.2, 0.25) is 0 Å². The van der Waals surface area contributed by atoms with E-state index < -0.39 is 0 Å². The molecule has 1 aromatic heterocycles. The summed E-state index contributed by atoms with van der Waals surface area (Å²) in [6, 6.07) is 0. The third-order valence-electron chi connectivity index (χ3n) is 2.45. The number of alkyl halides is 1. The van der Waals surface area contributed by atoms with Gasteiger partial charge in [0.1, 0.15) is 12.1 Å². The molecule has 2 unspecified atom stereocenters. The highest BCUT2D eigenvalue weighted by Crippen LogP contribution is 2.25. The minimum atomic E-state index is 0.0623. The molecule has 0 aliphatic carbocycles. The van der Waals surface area contributed by atoms with E-state index >= 15 is 0 Å². The molecule has 88 valence electrons. The molecule has 0 N–H and O–H groups in total. The number of hydrogen-bond acceptors (Lipinski definition) is 4. The maximum Gasteiger partial charge on any atom is 0.146 e. The minimum absolute atomic E-state index is 0.0623. The van der Waals surface area contributed by atoms with Crippen molar-refractivity contribution >= 4 is 33.3 Å². The highest BCUT2D eigenvalue weighted by Gasteiger charge is 2.26. The van der Waals surface area contributed by atoms with E-state index in [1.807, 2.05) is 6.92 Å². The molecule has 1 aromatic rings. The van der Waals surface area contributed by atoms with Gasteiger partial charge in [-0.3, -0.25) is 0 Å². The monoisotopic (exact) mass is 305 g/mol. The summed E-state index contributed by atoms with van der Waals surface area (Å²) in [6.07, 6.45) is 3.53. The molecule has 1 saturated heterocycles. The van der Waals surface area contributed by atoms with Crippen LogP contribution >= 0.6 is 27.5 Å². The van der Waals surface area contributed by atoms with Crippen LogP contribution in [0.4, 0.5) is 5.82 Å². The molecule has 1 aliphatic rings. The summed E-state index contributed by atoms with van der Waals surface area (Å²) in [5, 5.41) is 0. The fraction of sp³-hybridized carbons (Fsp3) is 0.600. The van der Waals surface area contributed by atoms with E-state index in [1.54, 1.807) is 12.5 Å². The van der Waals surface area contributed by atoms with Crippen LogP contribution in [0.2, 0.25) is 0 Å². The molecule has 0 amide bonds. The second-order valence-electron chi connectivity index (χ2n) is 3.82. The van der Waals surface area contributed by atoms with E-state index in [-0.39, 0.29) is 12.2 Å². The lowest BCUT2D eigenvalue weighted by Gasteiger charge is -2.37. The van der Waals surface area contributed by atoms with Crippen molar-refractivity contribution in [2.75, 3.05) is 23.9 Å². The molecule has 0 bridgehead atoms. The van der Waals surface area contributed by atoms with Crippen LogP contribution in [-0.2, 0) is 4.74 Å². The molecule has 2 heterocycles. The van der Waals surface area contributed by atoms with E-state index in [4.69, 9.17) is 16.3 Å². The maximum atomic E-state index is 5.84. The molecule has 2 rings (SSSR count). The Kier molecular flexibility index (Phi) is 4.00. The Morgan fingerprint density at radius 3 is 3.12 bits per heavy atom. The Hall–Kier alpha value is -0.390. The average molecular weight is 307 g/mol. The highest BCUT2D eigenvalue weighted by molar-refractivity contribution is 9.10. The number of ether oxygens (including phenoxy) is 1. The van der Waals surface area contributed by atoms with Crippen LogP contribution in [0.25, 0.3) is 0 Å². The number of anilines is 1. The lowest BCUT2D eigenvalue weighted by Crippen LogP contribution is -2.47. The molecule has 16 heavy (non-hydrogen) atoms. The number of halogens is 2. The predicted octanol–water partition coefficient (Wildman–Crippen LogP) is 2.07. The molecular formula is C10H13BrClN3O. The zero-order valence-corrected chi connectivity index (χ0v) is 11.3. The first-order valence-electron chi connectivity index (χ1n) is 5.12. The van der Waals surface area contributed by atoms with E-state index in [1.165, 1.54) is 0 Å². The zero-order chi connectivity index (χ0) is 11.5. The first kappa shape index (κ1) is 12.1. The Balaban J connectivity index is 2.17. The summed E-state index contributed by atoms with van der Waals surface area (Å²) in [5.74, 6) is 1.41. The molecule has 4 nitrogen and oxygen atoms in total. The summed E-state index contributed by atoms with van der Waals surface area (Å²) >= 11 is 9.30. The van der Waals surface area contributed by atoms with Crippen LogP contribution in [0, 0.1) is 0 Å². The van der Waals surface area contributed by atoms with Crippen LogP contribution in [0.1, 0.15) is 6.92 Å². The van der Waals surface area contributed by atoms with Crippen LogP contribution in [-0.4, -0.2) is 41.1 Å². The van der Waals surface area contributed by atoms with Gasteiger partial charge in [-0.15, -0.1) is 11.6 Å². The quantitative estimate of drug-likeness (QED) is 0.784. The van der Waals surface area contributed by atoms with Gasteiger partial charge in [0, 0.05) is 19.3 Å². The zero-order valence-electron chi connectivity index (χ0n) is 8.94. The van der Waals surface area contributed by atoms with E-state index in [0.717, 1.165) is 23.4 Å². The lowest BCUT2D eigenvalue weighted by atomic mass is 10.2. The van der Waals surface area contributed by atoms with Crippen LogP contribution in [0.15, 0.2) is 17.0 Å². The topological polar surface area (TPSA) is 38.2 Å². The fourth-order valence-electron chi connectivity index (χ4n) is 1.84. The number of rotatable bonds is 2. The van der Waals surface area contributed by atoms with Gasteiger partial charge in [-0.2, -0.15) is 0 Å². The Morgan fingerprint density at radius 2 is 2.44 bits per heavy atom. The third kappa shape index (κ3) is 2.64. The maximum absolute atomic E-state index is 5.84. The largest absolute Gasteiger partial charge is 0.370 e. The number of aromatic nitrogens is 2. The van der Waals surface area contributed by atoms with E-state index in [0.29, 0.717) is 5.88 Å². The van der Waals surface area contributed by atoms with Crippen molar-refractivity contribution in [3.63, 3.8) is 0 Å². The minimum Gasteiger partial charge on any atom is -0.370 e. The second kappa shape index (κ2) is 5.29. The van der Waals surface area contributed by atoms with Gasteiger partial charge in [-0.05, 0) is 22.9 Å². The predicted molar refractivity (Wildman–Crippen MR) is 67.0 cm³/mol. The Labute approximate surface area is 108 Å². The summed E-state index contributed by atoms with van der Waals surface area (Å²) < 4.78 is 6.60. The van der Waals surface area contributed by atoms with Gasteiger partial charge >= 0.3 is 0 Å². The summed E-state index contributed by atoms with van der Waals surface area (Å²) in [4.78, 5) is 10.4. The molecule has 0 saturated carbocycles. The summed E-state index contributed by atoms with van der Waals surface area (Å²) in [7, 11) is 0. The molecular weight excluding hydrogens is 293 g/mol. The molecule has 1 fully saturated rings. The summed E-state index contributed by atoms with van der Waals surface area (Å²) in [5.41, 5.74) is 0. The van der Waals surface area contributed by atoms with Crippen molar-refractivity contribution in [3.8, 4) is 0 Å². The van der Waals surface area contributed by atoms with E-state index in [9.17, 15) is 0 Å². The van der Waals surface area contributed by atoms with Gasteiger partial charge < -0.3 is 9.64 Å². The average Bonchev–Trinajstić information content (AvgIpc) is 2.28. The lowest BCUT2D eigenvalue weighted by molar-refractivity contribution is -0.00362. The summed E-state index contributed by atoms with van der Waals surface area (Å²) in [6.45, 7) is 3.63. The Morgan fingerprint density at radius 1 is 1.62 bits per heavy atom. The van der Waals surface area contributed by atoms with Gasteiger partial charge in [-0.1, -0.05) is 0 Å². The van der Waals surface area contributed by atoms with Gasteiger partial charge in [0.05, 0.1) is 22.6 Å². The fourth-order valence-corrected chi connectivity index (χ4v) is 2.48. The number of nitrogens with zero attached hydrogens (tertiary/aromatic N) is 3. The van der Waals surface area contributed by atoms with Crippen molar-refractivity contribution in [2.24, 2.45) is 0 Å². The van der Waals surface area contributed by atoms with Crippen LogP contribution in [0.5, 0.6) is 0 Å². The molecule has 2 atom stereocenters. The Bertz CT molecular complexity index is 366. The van der Waals surface area contributed by atoms with Crippen molar-refractivity contribution in [1.29, 1.82) is 0 Å². The molecule has 0 spiro atoms. The SMILES string of the molecule is CC1CN(c2ncncc2Br)CC(CCl)O1. The highest BCUT2D eigenvalue weighted by atomic mass is 79.9. The van der Waals surface area contributed by atoms with Crippen molar-refractivity contribution in [2.45, 2.75) is 19.1 Å². The van der Waals surface area contributed by atoms with Crippen LogP contribution < -0.4 is 4.90 Å². The normalized spacial score (nSPS) is 25.8. The van der Waals surface area contributed by atoms with E-state index in [2.05, 4.69) is 30.8 Å². The smallest absolute Gasteiger partial charge is 0.146 e. The molecule has 0 aromatic carbocycles. The molecule has 6 heteroatoms. The van der Waals surface area contributed by atoms with Gasteiger partial charge in [0.25, 0.3) is 0 Å². The molecule has 0 radical (unpaired) electrons. The number of morpholine rings is 1. The van der Waals surface area contributed by atoms with Crippen molar-refractivity contribution < 1.29 is 4.74 Å². The third-order valence-corrected chi connectivity index (χ3v) is 3.35. The van der Waals surface area contributed by atoms with Crippen molar-refractivity contribution in [1.82, 2.24) is 9.97 Å². The standard InChI is InChI=1S/C10H13BrClN3O/c1-7-4-15(5-8(2-12)16-7)10-9(11)3-13-6-14-10/h3,6-8H,2,4-5H2,1H3. The van der Waals surface area contributed by atoms with Gasteiger partial charge in [0.15, 0.2) is 0 Å². The molecule has 1 aliphatic heterocycles. The first-order valence-corrected chi connectivity index (χ1v) is 6.45. The second-order valence-corrected chi connectivity index (χ2v) is 4.99. The van der Waals surface area contributed by atoms with Crippen LogP contribution in [0.3, 0.4) is 0 Å². The van der Waals surface area contributed by atoms with Gasteiger partial charge in [-0.25, -0.2) is 9.97 Å². The first-order chi connectivity index (χ1) is 7.70. The number of hydrogen-bond donors (Lipinski definition) is 0. The van der Waals surface area contributed by atoms with Crippen molar-refractivity contribution in [3.05, 3.63) is 17.0 Å².